The monoisotopic (exact) mass is 197 g/mol. The van der Waals surface area contributed by atoms with E-state index < -0.39 is 0 Å². The maximum Gasteiger partial charge on any atom is 0.0321 e. The molecule has 0 amide bonds. The van der Waals surface area contributed by atoms with Crippen molar-refractivity contribution < 1.29 is 0 Å². The summed E-state index contributed by atoms with van der Waals surface area (Å²) in [5, 5.41) is 0. The van der Waals surface area contributed by atoms with Crippen molar-refractivity contribution in [1.82, 2.24) is 5.73 Å². The molecule has 0 aromatic carbocycles. The Hall–Kier alpha value is -0.0400. The zero-order chi connectivity index (χ0) is 10.5. The van der Waals surface area contributed by atoms with E-state index in [-0.39, 0.29) is 0 Å². The standard InChI is InChI=1S/C13H27N/c1-2-3-4-5-6-7-8-9-10-11-12-13-14/h2-13H2,1H3. The minimum atomic E-state index is 0.372. The van der Waals surface area contributed by atoms with Crippen molar-refractivity contribution >= 4 is 0 Å². The lowest BCUT2D eigenvalue weighted by Crippen LogP contribution is -1.85. The molecule has 0 spiro atoms. The maximum absolute atomic E-state index is 8.59. The van der Waals surface area contributed by atoms with E-state index in [0.717, 1.165) is 6.42 Å². The van der Waals surface area contributed by atoms with Gasteiger partial charge in [0.25, 0.3) is 0 Å². The second-order valence-corrected chi connectivity index (χ2v) is 4.26. The number of rotatable bonds is 11. The SMILES string of the molecule is CCCCCCCCCCCCC[N]. The molecule has 0 N–H and O–H groups in total. The third-order valence-corrected chi connectivity index (χ3v) is 2.76. The summed E-state index contributed by atoms with van der Waals surface area (Å²) in [6.07, 6.45) is 14.8. The van der Waals surface area contributed by atoms with Gasteiger partial charge in [0.05, 0.1) is 0 Å². The fourth-order valence-electron chi connectivity index (χ4n) is 1.78. The molecule has 84 valence electrons. The van der Waals surface area contributed by atoms with Gasteiger partial charge in [-0.2, -0.15) is 0 Å². The summed E-state index contributed by atoms with van der Waals surface area (Å²) < 4.78 is 0. The summed E-state index contributed by atoms with van der Waals surface area (Å²) >= 11 is 0. The molecule has 1 nitrogen and oxygen atoms in total. The van der Waals surface area contributed by atoms with Crippen LogP contribution in [-0.4, -0.2) is 6.54 Å². The van der Waals surface area contributed by atoms with Crippen LogP contribution in [-0.2, 0) is 0 Å². The van der Waals surface area contributed by atoms with Crippen molar-refractivity contribution in [3.63, 3.8) is 0 Å². The molecule has 0 aromatic rings. The van der Waals surface area contributed by atoms with E-state index in [1.54, 1.807) is 0 Å². The predicted octanol–water partition coefficient (Wildman–Crippen LogP) is 4.37. The number of unbranched alkanes of at least 4 members (excludes halogenated alkanes) is 10. The van der Waals surface area contributed by atoms with Gasteiger partial charge in [0, 0.05) is 6.54 Å². The molecule has 0 aliphatic carbocycles. The maximum atomic E-state index is 8.59. The fourth-order valence-corrected chi connectivity index (χ4v) is 1.78. The molecular formula is C13H27N. The summed E-state index contributed by atoms with van der Waals surface area (Å²) in [5.41, 5.74) is 8.59. The average Bonchev–Trinajstić information content (AvgIpc) is 2.21. The first-order valence-corrected chi connectivity index (χ1v) is 6.52. The van der Waals surface area contributed by atoms with Crippen LogP contribution in [0.15, 0.2) is 0 Å². The summed E-state index contributed by atoms with van der Waals surface area (Å²) in [4.78, 5) is 0. The Kier molecular flexibility index (Phi) is 12.9. The quantitative estimate of drug-likeness (QED) is 0.439. The van der Waals surface area contributed by atoms with Gasteiger partial charge in [-0.25, -0.2) is 0 Å². The molecule has 0 rings (SSSR count). The fraction of sp³-hybridized carbons (Fsp3) is 1.00. The minimum Gasteiger partial charge on any atom is -0.145 e. The van der Waals surface area contributed by atoms with Gasteiger partial charge in [0.2, 0.25) is 0 Å². The highest BCUT2D eigenvalue weighted by atomic mass is 14.5. The molecule has 0 saturated heterocycles. The van der Waals surface area contributed by atoms with E-state index in [4.69, 9.17) is 5.73 Å². The van der Waals surface area contributed by atoms with Crippen molar-refractivity contribution in [2.75, 3.05) is 6.54 Å². The van der Waals surface area contributed by atoms with E-state index in [1.807, 2.05) is 0 Å². The van der Waals surface area contributed by atoms with Gasteiger partial charge < -0.3 is 0 Å². The Morgan fingerprint density at radius 2 is 0.929 bits per heavy atom. The lowest BCUT2D eigenvalue weighted by Gasteiger charge is -2.01. The number of hydrogen-bond donors (Lipinski definition) is 0. The third-order valence-electron chi connectivity index (χ3n) is 2.76. The van der Waals surface area contributed by atoms with Crippen LogP contribution in [0.3, 0.4) is 0 Å². The molecule has 0 heterocycles. The van der Waals surface area contributed by atoms with Gasteiger partial charge in [0.15, 0.2) is 0 Å². The molecule has 0 unspecified atom stereocenters. The van der Waals surface area contributed by atoms with Crippen molar-refractivity contribution in [2.24, 2.45) is 0 Å². The predicted molar refractivity (Wildman–Crippen MR) is 63.5 cm³/mol. The van der Waals surface area contributed by atoms with Crippen molar-refractivity contribution in [3.8, 4) is 0 Å². The highest BCUT2D eigenvalue weighted by Gasteiger charge is 1.91. The largest absolute Gasteiger partial charge is 0.145 e. The second-order valence-electron chi connectivity index (χ2n) is 4.26. The average molecular weight is 197 g/mol. The minimum absolute atomic E-state index is 0.372. The molecule has 14 heavy (non-hydrogen) atoms. The number of nitrogens with zero attached hydrogens (tertiary/aromatic N) is 1. The highest BCUT2D eigenvalue weighted by Crippen LogP contribution is 2.10. The zero-order valence-corrected chi connectivity index (χ0v) is 9.93. The van der Waals surface area contributed by atoms with Crippen molar-refractivity contribution in [1.29, 1.82) is 0 Å². The molecule has 1 heteroatoms. The van der Waals surface area contributed by atoms with Gasteiger partial charge in [0.1, 0.15) is 0 Å². The Balaban J connectivity index is 2.78. The lowest BCUT2D eigenvalue weighted by atomic mass is 10.1. The van der Waals surface area contributed by atoms with Crippen LogP contribution >= 0.6 is 0 Å². The Labute approximate surface area is 90.5 Å². The van der Waals surface area contributed by atoms with Crippen LogP contribution < -0.4 is 5.73 Å². The zero-order valence-electron chi connectivity index (χ0n) is 9.93. The van der Waals surface area contributed by atoms with Crippen LogP contribution in [0.2, 0.25) is 0 Å². The van der Waals surface area contributed by atoms with Crippen LogP contribution in [0.1, 0.15) is 77.6 Å². The first-order valence-electron chi connectivity index (χ1n) is 6.52. The summed E-state index contributed by atoms with van der Waals surface area (Å²) in [7, 11) is 0. The molecule has 0 aliphatic heterocycles. The Morgan fingerprint density at radius 1 is 0.571 bits per heavy atom. The molecule has 0 bridgehead atoms. The normalized spacial score (nSPS) is 10.7. The van der Waals surface area contributed by atoms with Crippen LogP contribution in [0.5, 0.6) is 0 Å². The molecule has 0 atom stereocenters. The molecule has 2 radical (unpaired) electrons. The highest BCUT2D eigenvalue weighted by molar-refractivity contribution is 4.47. The van der Waals surface area contributed by atoms with E-state index >= 15 is 0 Å². The molecule has 0 aromatic heterocycles. The van der Waals surface area contributed by atoms with Gasteiger partial charge in [-0.3, -0.25) is 0 Å². The number of hydrogen-bond acceptors (Lipinski definition) is 0. The van der Waals surface area contributed by atoms with Gasteiger partial charge in [-0.15, -0.1) is 5.73 Å². The van der Waals surface area contributed by atoms with Crippen LogP contribution in [0.4, 0.5) is 0 Å². The molecule has 0 fully saturated rings. The first kappa shape index (κ1) is 14.0. The smallest absolute Gasteiger partial charge is 0.0321 e. The van der Waals surface area contributed by atoms with E-state index in [2.05, 4.69) is 6.92 Å². The topological polar surface area (TPSA) is 22.3 Å². The Bertz CT molecular complexity index is 79.2. The van der Waals surface area contributed by atoms with Crippen LogP contribution in [0, 0.1) is 0 Å². The van der Waals surface area contributed by atoms with Crippen molar-refractivity contribution in [3.05, 3.63) is 0 Å². The summed E-state index contributed by atoms with van der Waals surface area (Å²) in [5.74, 6) is 0. The van der Waals surface area contributed by atoms with Gasteiger partial charge in [-0.05, 0) is 6.42 Å². The van der Waals surface area contributed by atoms with E-state index in [1.165, 1.54) is 64.2 Å². The first-order chi connectivity index (χ1) is 6.91. The van der Waals surface area contributed by atoms with Gasteiger partial charge >= 0.3 is 0 Å². The Morgan fingerprint density at radius 3 is 1.29 bits per heavy atom. The van der Waals surface area contributed by atoms with Crippen molar-refractivity contribution in [2.45, 2.75) is 77.6 Å². The molecule has 0 aliphatic rings. The van der Waals surface area contributed by atoms with Crippen LogP contribution in [0.25, 0.3) is 0 Å². The third kappa shape index (κ3) is 12.0. The molecule has 0 saturated carbocycles. The summed E-state index contributed by atoms with van der Waals surface area (Å²) in [6.45, 7) is 2.64. The van der Waals surface area contributed by atoms with Gasteiger partial charge in [-0.1, -0.05) is 71.1 Å². The lowest BCUT2D eigenvalue weighted by molar-refractivity contribution is 0.550. The summed E-state index contributed by atoms with van der Waals surface area (Å²) in [6, 6.07) is 0. The van der Waals surface area contributed by atoms with E-state index in [0.29, 0.717) is 6.54 Å². The molecular weight excluding hydrogens is 170 g/mol. The van der Waals surface area contributed by atoms with E-state index in [9.17, 15) is 0 Å². The second kappa shape index (κ2) is 13.0.